The number of methoxy groups -OCH3 is 1. The number of benzene rings is 1. The molecular weight excluding hydrogens is 350 g/mol. The highest BCUT2D eigenvalue weighted by molar-refractivity contribution is 9.10. The van der Waals surface area contributed by atoms with Crippen LogP contribution in [0.3, 0.4) is 0 Å². The molecular formula is C14H18BrN5O2. The number of anilines is 1. The van der Waals surface area contributed by atoms with Gasteiger partial charge in [-0.15, -0.1) is 6.58 Å². The molecule has 1 aromatic carbocycles. The molecule has 0 spiro atoms. The lowest BCUT2D eigenvalue weighted by molar-refractivity contribution is 0.309. The van der Waals surface area contributed by atoms with Crippen molar-refractivity contribution in [2.24, 2.45) is 0 Å². The smallest absolute Gasteiger partial charge is 0.243 e. The van der Waals surface area contributed by atoms with Crippen molar-refractivity contribution in [2.45, 2.75) is 20.0 Å². The summed E-state index contributed by atoms with van der Waals surface area (Å²) in [6.07, 6.45) is 1.73. The number of aromatic nitrogens is 4. The van der Waals surface area contributed by atoms with E-state index in [2.05, 4.69) is 43.4 Å². The van der Waals surface area contributed by atoms with E-state index in [-0.39, 0.29) is 0 Å². The fraction of sp³-hybridized carbons (Fsp3) is 0.357. The SMILES string of the molecule is C=CCn1nnnc1NCc1cc(Br)c(OC)c(OCC)c1. The van der Waals surface area contributed by atoms with Crippen LogP contribution in [0.4, 0.5) is 5.95 Å². The van der Waals surface area contributed by atoms with Gasteiger partial charge in [0.1, 0.15) is 0 Å². The molecule has 0 radical (unpaired) electrons. The second-order valence-corrected chi connectivity index (χ2v) is 5.22. The summed E-state index contributed by atoms with van der Waals surface area (Å²) >= 11 is 3.49. The van der Waals surface area contributed by atoms with Gasteiger partial charge >= 0.3 is 0 Å². The van der Waals surface area contributed by atoms with Gasteiger partial charge in [-0.25, -0.2) is 4.68 Å². The summed E-state index contributed by atoms with van der Waals surface area (Å²) in [5, 5.41) is 14.7. The zero-order chi connectivity index (χ0) is 15.9. The van der Waals surface area contributed by atoms with E-state index in [0.29, 0.717) is 37.1 Å². The molecule has 1 heterocycles. The Morgan fingerprint density at radius 2 is 2.27 bits per heavy atom. The van der Waals surface area contributed by atoms with Crippen LogP contribution >= 0.6 is 15.9 Å². The van der Waals surface area contributed by atoms with E-state index in [1.54, 1.807) is 17.9 Å². The van der Waals surface area contributed by atoms with Crippen LogP contribution in [0.25, 0.3) is 0 Å². The minimum absolute atomic E-state index is 0.547. The van der Waals surface area contributed by atoms with Crippen LogP contribution in [0.15, 0.2) is 29.3 Å². The molecule has 118 valence electrons. The van der Waals surface area contributed by atoms with Gasteiger partial charge in [0, 0.05) is 6.54 Å². The molecule has 8 heteroatoms. The molecule has 0 atom stereocenters. The number of hydrogen-bond acceptors (Lipinski definition) is 6. The zero-order valence-corrected chi connectivity index (χ0v) is 14.1. The number of hydrogen-bond donors (Lipinski definition) is 1. The number of nitrogens with one attached hydrogen (secondary N) is 1. The highest BCUT2D eigenvalue weighted by Crippen LogP contribution is 2.36. The molecule has 0 aliphatic rings. The highest BCUT2D eigenvalue weighted by Gasteiger charge is 2.12. The topological polar surface area (TPSA) is 74.1 Å². The first-order valence-electron chi connectivity index (χ1n) is 6.79. The number of allylic oxidation sites excluding steroid dienone is 1. The molecule has 1 aromatic heterocycles. The maximum absolute atomic E-state index is 5.61. The standard InChI is InChI=1S/C14H18BrN5O2/c1-4-6-20-14(17-18-19-20)16-9-10-7-11(15)13(21-3)12(8-10)22-5-2/h4,7-8H,1,5-6,9H2,2-3H3,(H,16,17,19). The number of tetrazole rings is 1. The Bertz CT molecular complexity index is 644. The lowest BCUT2D eigenvalue weighted by atomic mass is 10.2. The first kappa shape index (κ1) is 16.3. The van der Waals surface area contributed by atoms with E-state index in [1.165, 1.54) is 0 Å². The molecule has 0 saturated carbocycles. The molecule has 0 amide bonds. The largest absolute Gasteiger partial charge is 0.492 e. The molecule has 0 unspecified atom stereocenters. The minimum Gasteiger partial charge on any atom is -0.492 e. The van der Waals surface area contributed by atoms with Crippen molar-refractivity contribution in [1.29, 1.82) is 0 Å². The van der Waals surface area contributed by atoms with Gasteiger partial charge in [0.25, 0.3) is 0 Å². The average molecular weight is 368 g/mol. The van der Waals surface area contributed by atoms with Gasteiger partial charge in [-0.3, -0.25) is 0 Å². The molecule has 2 aromatic rings. The van der Waals surface area contributed by atoms with Crippen LogP contribution < -0.4 is 14.8 Å². The van der Waals surface area contributed by atoms with Crippen molar-refractivity contribution in [3.05, 3.63) is 34.8 Å². The van der Waals surface area contributed by atoms with E-state index >= 15 is 0 Å². The molecule has 0 bridgehead atoms. The Morgan fingerprint density at radius 3 is 2.95 bits per heavy atom. The molecule has 0 fully saturated rings. The third-order valence-corrected chi connectivity index (χ3v) is 3.45. The Balaban J connectivity index is 2.15. The van der Waals surface area contributed by atoms with Crippen LogP contribution in [0.2, 0.25) is 0 Å². The van der Waals surface area contributed by atoms with Crippen molar-refractivity contribution >= 4 is 21.9 Å². The lowest BCUT2D eigenvalue weighted by Crippen LogP contribution is -2.08. The third kappa shape index (κ3) is 3.76. The van der Waals surface area contributed by atoms with Crippen molar-refractivity contribution in [3.8, 4) is 11.5 Å². The summed E-state index contributed by atoms with van der Waals surface area (Å²) in [7, 11) is 1.62. The van der Waals surface area contributed by atoms with Gasteiger partial charge < -0.3 is 14.8 Å². The maximum Gasteiger partial charge on any atom is 0.243 e. The predicted molar refractivity (Wildman–Crippen MR) is 87.2 cm³/mol. The summed E-state index contributed by atoms with van der Waals surface area (Å²) in [6.45, 7) is 7.28. The first-order chi connectivity index (χ1) is 10.7. The summed E-state index contributed by atoms with van der Waals surface area (Å²) in [4.78, 5) is 0. The zero-order valence-electron chi connectivity index (χ0n) is 12.5. The number of ether oxygens (including phenoxy) is 2. The molecule has 0 aliphatic carbocycles. The van der Waals surface area contributed by atoms with Gasteiger partial charge in [0.05, 0.1) is 24.7 Å². The van der Waals surface area contributed by atoms with Crippen LogP contribution in [0.1, 0.15) is 12.5 Å². The number of halogens is 1. The summed E-state index contributed by atoms with van der Waals surface area (Å²) in [5.41, 5.74) is 1.02. The fourth-order valence-electron chi connectivity index (χ4n) is 1.94. The van der Waals surface area contributed by atoms with Crippen molar-refractivity contribution < 1.29 is 9.47 Å². The van der Waals surface area contributed by atoms with Crippen molar-refractivity contribution in [3.63, 3.8) is 0 Å². The lowest BCUT2D eigenvalue weighted by Gasteiger charge is -2.13. The fourth-order valence-corrected chi connectivity index (χ4v) is 2.59. The summed E-state index contributed by atoms with van der Waals surface area (Å²) in [6, 6.07) is 3.90. The Kier molecular flexibility index (Phi) is 5.76. The van der Waals surface area contributed by atoms with Crippen LogP contribution in [-0.2, 0) is 13.1 Å². The minimum atomic E-state index is 0.547. The van der Waals surface area contributed by atoms with E-state index < -0.39 is 0 Å². The predicted octanol–water partition coefficient (Wildman–Crippen LogP) is 2.64. The van der Waals surface area contributed by atoms with Gasteiger partial charge in [0.2, 0.25) is 5.95 Å². The Morgan fingerprint density at radius 1 is 1.45 bits per heavy atom. The number of nitrogens with zero attached hydrogens (tertiary/aromatic N) is 4. The normalized spacial score (nSPS) is 10.3. The molecule has 1 N–H and O–H groups in total. The summed E-state index contributed by atoms with van der Waals surface area (Å²) in [5.74, 6) is 1.97. The van der Waals surface area contributed by atoms with E-state index in [4.69, 9.17) is 9.47 Å². The molecule has 0 aliphatic heterocycles. The van der Waals surface area contributed by atoms with Crippen LogP contribution in [0, 0.1) is 0 Å². The quantitative estimate of drug-likeness (QED) is 0.723. The highest BCUT2D eigenvalue weighted by atomic mass is 79.9. The molecule has 0 saturated heterocycles. The molecule has 7 nitrogen and oxygen atoms in total. The molecule has 2 rings (SSSR count). The second-order valence-electron chi connectivity index (χ2n) is 4.37. The monoisotopic (exact) mass is 367 g/mol. The van der Waals surface area contributed by atoms with Crippen LogP contribution in [0.5, 0.6) is 11.5 Å². The van der Waals surface area contributed by atoms with Crippen LogP contribution in [-0.4, -0.2) is 33.9 Å². The number of rotatable bonds is 8. The summed E-state index contributed by atoms with van der Waals surface area (Å²) < 4.78 is 13.4. The maximum atomic E-state index is 5.61. The Hall–Kier alpha value is -2.09. The molecule has 22 heavy (non-hydrogen) atoms. The van der Waals surface area contributed by atoms with Gasteiger partial charge in [0.15, 0.2) is 11.5 Å². The van der Waals surface area contributed by atoms with Crippen molar-refractivity contribution in [1.82, 2.24) is 20.2 Å². The second kappa shape index (κ2) is 7.79. The van der Waals surface area contributed by atoms with E-state index in [0.717, 1.165) is 10.0 Å². The first-order valence-corrected chi connectivity index (χ1v) is 7.59. The Labute approximate surface area is 137 Å². The van der Waals surface area contributed by atoms with Gasteiger partial charge in [-0.2, -0.15) is 0 Å². The van der Waals surface area contributed by atoms with Crippen molar-refractivity contribution in [2.75, 3.05) is 19.0 Å². The van der Waals surface area contributed by atoms with E-state index in [9.17, 15) is 0 Å². The third-order valence-electron chi connectivity index (χ3n) is 2.86. The average Bonchev–Trinajstić information content (AvgIpc) is 2.93. The van der Waals surface area contributed by atoms with Gasteiger partial charge in [-0.1, -0.05) is 11.2 Å². The van der Waals surface area contributed by atoms with Gasteiger partial charge in [-0.05, 0) is 51.0 Å². The van der Waals surface area contributed by atoms with E-state index in [1.807, 2.05) is 19.1 Å².